The van der Waals surface area contributed by atoms with Gasteiger partial charge in [0.15, 0.2) is 0 Å². The third-order valence-electron chi connectivity index (χ3n) is 6.96. The number of benzene rings is 1. The fraction of sp³-hybridized carbons (Fsp3) is 0.393. The van der Waals surface area contributed by atoms with Gasteiger partial charge in [0, 0.05) is 36.6 Å². The lowest BCUT2D eigenvalue weighted by atomic mass is 10.0. The topological polar surface area (TPSA) is 55.4 Å². The van der Waals surface area contributed by atoms with E-state index in [0.717, 1.165) is 54.8 Å². The van der Waals surface area contributed by atoms with E-state index in [1.807, 2.05) is 65.3 Å². The average molecular weight is 456 g/mol. The van der Waals surface area contributed by atoms with Crippen molar-refractivity contribution in [1.29, 1.82) is 0 Å². The Morgan fingerprint density at radius 2 is 1.74 bits per heavy atom. The number of likely N-dealkylation sites (tertiary alicyclic amines) is 1. The van der Waals surface area contributed by atoms with Crippen molar-refractivity contribution < 1.29 is 0 Å². The Labute approximate surface area is 200 Å². The van der Waals surface area contributed by atoms with Crippen LogP contribution in [0.5, 0.6) is 0 Å². The molecule has 0 spiro atoms. The van der Waals surface area contributed by atoms with Gasteiger partial charge in [-0.3, -0.25) is 4.79 Å². The lowest BCUT2D eigenvalue weighted by molar-refractivity contribution is 0.174. The number of unbranched alkanes of at least 4 members (excludes halogenated alkanes) is 3. The van der Waals surface area contributed by atoms with Crippen molar-refractivity contribution in [2.45, 2.75) is 51.5 Å². The minimum Gasteiger partial charge on any atom is -0.303 e. The fourth-order valence-electron chi connectivity index (χ4n) is 5.09. The van der Waals surface area contributed by atoms with Crippen molar-refractivity contribution in [3.05, 3.63) is 77.3 Å². The van der Waals surface area contributed by atoms with Gasteiger partial charge >= 0.3 is 0 Å². The van der Waals surface area contributed by atoms with Crippen LogP contribution in [0.2, 0.25) is 0 Å². The quantitative estimate of drug-likeness (QED) is 0.332. The SMILES string of the molecule is CCCCCCN1CCC(n2nccc(-c3c(-c4ccccc4)nn4ccccc34)c2=O)CC1. The zero-order valence-electron chi connectivity index (χ0n) is 19.9. The Morgan fingerprint density at radius 1 is 0.941 bits per heavy atom. The number of aromatic nitrogens is 4. The van der Waals surface area contributed by atoms with Crippen LogP contribution >= 0.6 is 0 Å². The molecule has 0 saturated carbocycles. The lowest BCUT2D eigenvalue weighted by Gasteiger charge is -2.32. The molecule has 5 rings (SSSR count). The minimum absolute atomic E-state index is 0.0279. The highest BCUT2D eigenvalue weighted by Crippen LogP contribution is 2.33. The second kappa shape index (κ2) is 10.3. The van der Waals surface area contributed by atoms with Gasteiger partial charge in [-0.15, -0.1) is 0 Å². The molecule has 6 heteroatoms. The van der Waals surface area contributed by atoms with E-state index in [9.17, 15) is 4.79 Å². The highest BCUT2D eigenvalue weighted by molar-refractivity contribution is 5.91. The summed E-state index contributed by atoms with van der Waals surface area (Å²) in [6.07, 6.45) is 10.8. The first-order valence-electron chi connectivity index (χ1n) is 12.6. The van der Waals surface area contributed by atoms with Gasteiger partial charge in [-0.05, 0) is 44.0 Å². The summed E-state index contributed by atoms with van der Waals surface area (Å²) in [4.78, 5) is 16.3. The van der Waals surface area contributed by atoms with E-state index in [4.69, 9.17) is 5.10 Å². The summed E-state index contributed by atoms with van der Waals surface area (Å²) in [5.74, 6) is 0. The van der Waals surface area contributed by atoms with Crippen LogP contribution in [0.4, 0.5) is 0 Å². The minimum atomic E-state index is -0.0279. The zero-order chi connectivity index (χ0) is 23.3. The van der Waals surface area contributed by atoms with Crippen molar-refractivity contribution in [3.63, 3.8) is 0 Å². The predicted molar refractivity (Wildman–Crippen MR) is 137 cm³/mol. The van der Waals surface area contributed by atoms with Crippen molar-refractivity contribution in [1.82, 2.24) is 24.3 Å². The summed E-state index contributed by atoms with van der Waals surface area (Å²) in [5.41, 5.74) is 4.26. The van der Waals surface area contributed by atoms with Crippen LogP contribution in [0.25, 0.3) is 27.9 Å². The molecule has 4 aromatic rings. The third-order valence-corrected chi connectivity index (χ3v) is 6.96. The summed E-state index contributed by atoms with van der Waals surface area (Å²) in [6.45, 7) is 5.47. The van der Waals surface area contributed by atoms with Gasteiger partial charge in [0.25, 0.3) is 5.56 Å². The summed E-state index contributed by atoms with van der Waals surface area (Å²) >= 11 is 0. The maximum absolute atomic E-state index is 13.8. The molecule has 0 atom stereocenters. The van der Waals surface area contributed by atoms with Crippen LogP contribution < -0.4 is 5.56 Å². The Bertz CT molecular complexity index is 1290. The summed E-state index contributed by atoms with van der Waals surface area (Å²) in [7, 11) is 0. The molecule has 4 heterocycles. The molecule has 3 aromatic heterocycles. The molecule has 0 amide bonds. The predicted octanol–water partition coefficient (Wildman–Crippen LogP) is 5.44. The fourth-order valence-corrected chi connectivity index (χ4v) is 5.09. The Kier molecular flexibility index (Phi) is 6.86. The molecular formula is C28H33N5O. The summed E-state index contributed by atoms with van der Waals surface area (Å²) < 4.78 is 3.59. The van der Waals surface area contributed by atoms with E-state index in [2.05, 4.69) is 16.9 Å². The lowest BCUT2D eigenvalue weighted by Crippen LogP contribution is -2.39. The first-order valence-corrected chi connectivity index (χ1v) is 12.6. The molecule has 1 aliphatic heterocycles. The Balaban J connectivity index is 1.45. The van der Waals surface area contributed by atoms with Crippen molar-refractivity contribution >= 4 is 5.52 Å². The highest BCUT2D eigenvalue weighted by atomic mass is 16.1. The van der Waals surface area contributed by atoms with Crippen LogP contribution in [-0.2, 0) is 0 Å². The molecular weight excluding hydrogens is 422 g/mol. The number of nitrogens with zero attached hydrogens (tertiary/aromatic N) is 5. The number of piperidine rings is 1. The summed E-state index contributed by atoms with van der Waals surface area (Å²) in [5, 5.41) is 9.36. The molecule has 1 aromatic carbocycles. The first-order chi connectivity index (χ1) is 16.8. The third kappa shape index (κ3) is 4.55. The van der Waals surface area contributed by atoms with E-state index in [1.54, 1.807) is 10.9 Å². The maximum Gasteiger partial charge on any atom is 0.275 e. The van der Waals surface area contributed by atoms with Crippen molar-refractivity contribution in [3.8, 4) is 22.4 Å². The van der Waals surface area contributed by atoms with Gasteiger partial charge < -0.3 is 4.90 Å². The first kappa shape index (κ1) is 22.5. The van der Waals surface area contributed by atoms with E-state index in [1.165, 1.54) is 25.7 Å². The van der Waals surface area contributed by atoms with Crippen LogP contribution in [0.1, 0.15) is 51.5 Å². The van der Waals surface area contributed by atoms with Crippen molar-refractivity contribution in [2.75, 3.05) is 19.6 Å². The van der Waals surface area contributed by atoms with Crippen LogP contribution in [-0.4, -0.2) is 43.9 Å². The molecule has 1 saturated heterocycles. The van der Waals surface area contributed by atoms with Crippen LogP contribution in [0.3, 0.4) is 0 Å². The molecule has 34 heavy (non-hydrogen) atoms. The monoisotopic (exact) mass is 455 g/mol. The molecule has 0 bridgehead atoms. The van der Waals surface area contributed by atoms with E-state index >= 15 is 0 Å². The number of hydrogen-bond acceptors (Lipinski definition) is 4. The number of rotatable bonds is 8. The molecule has 1 aliphatic rings. The van der Waals surface area contributed by atoms with E-state index < -0.39 is 0 Å². The highest BCUT2D eigenvalue weighted by Gasteiger charge is 2.25. The maximum atomic E-state index is 13.8. The average Bonchev–Trinajstić information content (AvgIpc) is 3.27. The van der Waals surface area contributed by atoms with E-state index in [0.29, 0.717) is 5.56 Å². The second-order valence-corrected chi connectivity index (χ2v) is 9.25. The molecule has 1 fully saturated rings. The standard InChI is InChI=1S/C28H33N5O/c1-2-3-4-9-18-31-20-15-23(16-21-31)33-28(34)24(14-17-29-33)26-25-13-8-10-19-32(25)30-27(26)22-11-6-5-7-12-22/h5-8,10-14,17,19,23H,2-4,9,15-16,18,20-21H2,1H3. The van der Waals surface area contributed by atoms with Gasteiger partial charge in [-0.2, -0.15) is 10.2 Å². The Morgan fingerprint density at radius 3 is 2.53 bits per heavy atom. The molecule has 0 N–H and O–H groups in total. The number of pyridine rings is 1. The molecule has 176 valence electrons. The molecule has 6 nitrogen and oxygen atoms in total. The second-order valence-electron chi connectivity index (χ2n) is 9.25. The zero-order valence-corrected chi connectivity index (χ0v) is 19.9. The largest absolute Gasteiger partial charge is 0.303 e. The number of hydrogen-bond donors (Lipinski definition) is 0. The normalized spacial score (nSPS) is 15.2. The molecule has 0 radical (unpaired) electrons. The molecule has 0 aliphatic carbocycles. The van der Waals surface area contributed by atoms with Crippen molar-refractivity contribution in [2.24, 2.45) is 0 Å². The molecule has 0 unspecified atom stereocenters. The number of fused-ring (bicyclic) bond motifs is 1. The van der Waals surface area contributed by atoms with Crippen LogP contribution in [0, 0.1) is 0 Å². The van der Waals surface area contributed by atoms with E-state index in [-0.39, 0.29) is 11.6 Å². The van der Waals surface area contributed by atoms with Gasteiger partial charge in [-0.25, -0.2) is 9.20 Å². The summed E-state index contributed by atoms with van der Waals surface area (Å²) in [6, 6.07) is 18.0. The Hall–Kier alpha value is -3.25. The smallest absolute Gasteiger partial charge is 0.275 e. The van der Waals surface area contributed by atoms with Gasteiger partial charge in [0.05, 0.1) is 17.1 Å². The van der Waals surface area contributed by atoms with Gasteiger partial charge in [0.1, 0.15) is 5.69 Å². The van der Waals surface area contributed by atoms with Gasteiger partial charge in [0.2, 0.25) is 0 Å². The van der Waals surface area contributed by atoms with Gasteiger partial charge in [-0.1, -0.05) is 62.6 Å². The van der Waals surface area contributed by atoms with Crippen LogP contribution in [0.15, 0.2) is 71.8 Å².